The van der Waals surface area contributed by atoms with Crippen molar-refractivity contribution < 1.29 is 0 Å². The van der Waals surface area contributed by atoms with Gasteiger partial charge in [0.2, 0.25) is 0 Å². The fourth-order valence-corrected chi connectivity index (χ4v) is 0.708. The summed E-state index contributed by atoms with van der Waals surface area (Å²) in [5, 5.41) is 11.5. The number of benzene rings is 1. The molecule has 4 heteroatoms. The van der Waals surface area contributed by atoms with Gasteiger partial charge >= 0.3 is 5.08 Å². The molecule has 0 aliphatic heterocycles. The normalized spacial score (nSPS) is 8.40. The largest absolute Gasteiger partial charge is 0.308 e. The molecule has 1 N–H and O–H groups in total. The Kier molecular flexibility index (Phi) is 2.08. The molecule has 0 saturated heterocycles. The number of nitrogens with zero attached hydrogens (tertiary/aromatic N) is 2. The molecule has 10 heavy (non-hydrogen) atoms. The van der Waals surface area contributed by atoms with Gasteiger partial charge in [0.25, 0.3) is 5.39 Å². The van der Waals surface area contributed by atoms with Gasteiger partial charge in [-0.1, -0.05) is 11.6 Å². The zero-order chi connectivity index (χ0) is 7.40. The molecule has 0 unspecified atom stereocenters. The van der Waals surface area contributed by atoms with E-state index in [2.05, 4.69) is 10.5 Å². The molecule has 0 aliphatic carbocycles. The molecule has 1 aromatic rings. The molecule has 3 nitrogen and oxygen atoms in total. The first kappa shape index (κ1) is 6.84. The molecule has 0 fully saturated rings. The predicted molar refractivity (Wildman–Crippen MR) is 40.2 cm³/mol. The number of nitrogens with one attached hydrogen (secondary N) is 1. The zero-order valence-corrected chi connectivity index (χ0v) is 5.84. The number of hydrogen-bond acceptors (Lipinski definition) is 2. The molecule has 1 aromatic carbocycles. The molecule has 0 atom stereocenters. The van der Waals surface area contributed by atoms with Gasteiger partial charge in [0, 0.05) is 5.02 Å². The quantitative estimate of drug-likeness (QED) is 0.499. The second-order valence-corrected chi connectivity index (χ2v) is 2.16. The van der Waals surface area contributed by atoms with Crippen LogP contribution < -0.4 is 5.43 Å². The summed E-state index contributed by atoms with van der Waals surface area (Å²) in [5.74, 6) is 0. The Labute approximate surface area is 63.2 Å². The van der Waals surface area contributed by atoms with E-state index >= 15 is 0 Å². The van der Waals surface area contributed by atoms with Gasteiger partial charge in [0.1, 0.15) is 5.69 Å². The fourth-order valence-electron chi connectivity index (χ4n) is 0.582. The summed E-state index contributed by atoms with van der Waals surface area (Å²) in [4.78, 5) is 0. The SMILES string of the molecule is N#[N+]Nc1ccc(Cl)cc1. The highest BCUT2D eigenvalue weighted by atomic mass is 35.5. The van der Waals surface area contributed by atoms with E-state index in [1.807, 2.05) is 0 Å². The summed E-state index contributed by atoms with van der Waals surface area (Å²) in [7, 11) is 0. The van der Waals surface area contributed by atoms with Crippen LogP contribution in [0, 0.1) is 5.39 Å². The Bertz CT molecular complexity index is 249. The molecule has 50 valence electrons. The zero-order valence-electron chi connectivity index (χ0n) is 5.08. The maximum absolute atomic E-state index is 8.07. The maximum atomic E-state index is 8.07. The van der Waals surface area contributed by atoms with Crippen molar-refractivity contribution in [3.8, 4) is 0 Å². The van der Waals surface area contributed by atoms with Crippen molar-refractivity contribution >= 4 is 17.3 Å². The molecule has 0 radical (unpaired) electrons. The van der Waals surface area contributed by atoms with E-state index in [0.717, 1.165) is 0 Å². The van der Waals surface area contributed by atoms with E-state index in [-0.39, 0.29) is 0 Å². The lowest BCUT2D eigenvalue weighted by atomic mass is 10.3. The number of diazo groups is 1. The van der Waals surface area contributed by atoms with Crippen molar-refractivity contribution in [2.24, 2.45) is 0 Å². The smallest absolute Gasteiger partial charge is 0.0843 e. The minimum atomic E-state index is 0.656. The number of anilines is 1. The van der Waals surface area contributed by atoms with Gasteiger partial charge in [-0.3, -0.25) is 0 Å². The minimum Gasteiger partial charge on any atom is -0.0843 e. The third kappa shape index (κ3) is 1.61. The van der Waals surface area contributed by atoms with Crippen LogP contribution in [0.4, 0.5) is 5.69 Å². The van der Waals surface area contributed by atoms with Gasteiger partial charge in [0.05, 0.1) is 0 Å². The summed E-state index contributed by atoms with van der Waals surface area (Å²) >= 11 is 5.59. The Balaban J connectivity index is 2.81. The van der Waals surface area contributed by atoms with Gasteiger partial charge in [-0.05, 0) is 29.7 Å². The van der Waals surface area contributed by atoms with Crippen molar-refractivity contribution in [2.75, 3.05) is 5.43 Å². The average Bonchev–Trinajstić information content (AvgIpc) is 1.95. The fraction of sp³-hybridized carbons (Fsp3) is 0. The number of hydrogen-bond donors (Lipinski definition) is 1. The minimum absolute atomic E-state index is 0.656. The molecular weight excluding hydrogens is 150 g/mol. The standard InChI is InChI=1S/C6H5ClN3/c7-5-1-3-6(4-2-5)9-10-8/h1-4,9H/q+1. The van der Waals surface area contributed by atoms with Gasteiger partial charge in [-0.25, -0.2) is 0 Å². The van der Waals surface area contributed by atoms with Crippen LogP contribution in [0.3, 0.4) is 0 Å². The first-order valence-corrected chi connectivity index (χ1v) is 3.06. The van der Waals surface area contributed by atoms with Crippen LogP contribution >= 0.6 is 11.6 Å². The second-order valence-electron chi connectivity index (χ2n) is 1.72. The molecule has 0 amide bonds. The summed E-state index contributed by atoms with van der Waals surface area (Å²) in [6.45, 7) is 0. The number of halogens is 1. The van der Waals surface area contributed by atoms with E-state index in [4.69, 9.17) is 17.0 Å². The van der Waals surface area contributed by atoms with Gasteiger partial charge < -0.3 is 0 Å². The van der Waals surface area contributed by atoms with Crippen molar-refractivity contribution in [3.63, 3.8) is 0 Å². The lowest BCUT2D eigenvalue weighted by Crippen LogP contribution is -1.81. The topological polar surface area (TPSA) is 40.2 Å². The summed E-state index contributed by atoms with van der Waals surface area (Å²) < 4.78 is 0. The van der Waals surface area contributed by atoms with E-state index in [0.29, 0.717) is 10.7 Å². The van der Waals surface area contributed by atoms with Gasteiger partial charge in [-0.15, -0.1) is 0 Å². The summed E-state index contributed by atoms with van der Waals surface area (Å²) in [6.07, 6.45) is 0. The monoisotopic (exact) mass is 154 g/mol. The molecule has 0 saturated carbocycles. The van der Waals surface area contributed by atoms with Crippen LogP contribution in [-0.4, -0.2) is 0 Å². The summed E-state index contributed by atoms with van der Waals surface area (Å²) in [6, 6.07) is 6.83. The molecule has 0 heterocycles. The first-order valence-electron chi connectivity index (χ1n) is 2.68. The molecular formula is C6H5ClN3+. The van der Waals surface area contributed by atoms with Crippen LogP contribution in [0.25, 0.3) is 5.08 Å². The van der Waals surface area contributed by atoms with Crippen molar-refractivity contribution in [3.05, 3.63) is 34.4 Å². The second kappa shape index (κ2) is 3.04. The van der Waals surface area contributed by atoms with E-state index in [1.165, 1.54) is 0 Å². The van der Waals surface area contributed by atoms with Crippen molar-refractivity contribution in [1.82, 2.24) is 0 Å². The highest BCUT2D eigenvalue weighted by Gasteiger charge is 1.94. The van der Waals surface area contributed by atoms with Crippen LogP contribution in [0.2, 0.25) is 5.02 Å². The summed E-state index contributed by atoms with van der Waals surface area (Å²) in [5.41, 5.74) is 3.06. The van der Waals surface area contributed by atoms with Crippen LogP contribution in [0.1, 0.15) is 0 Å². The van der Waals surface area contributed by atoms with E-state index in [1.54, 1.807) is 24.3 Å². The lowest BCUT2D eigenvalue weighted by Gasteiger charge is -1.87. The van der Waals surface area contributed by atoms with Crippen molar-refractivity contribution in [2.45, 2.75) is 0 Å². The van der Waals surface area contributed by atoms with Crippen LogP contribution in [-0.2, 0) is 0 Å². The molecule has 1 rings (SSSR count). The molecule has 0 bridgehead atoms. The Morgan fingerprint density at radius 1 is 1.30 bits per heavy atom. The number of rotatable bonds is 1. The Morgan fingerprint density at radius 2 is 1.90 bits per heavy atom. The van der Waals surface area contributed by atoms with Crippen LogP contribution in [0.5, 0.6) is 0 Å². The first-order chi connectivity index (χ1) is 4.83. The highest BCUT2D eigenvalue weighted by molar-refractivity contribution is 6.30. The third-order valence-corrected chi connectivity index (χ3v) is 1.28. The Hall–Kier alpha value is -1.27. The molecule has 0 spiro atoms. The predicted octanol–water partition coefficient (Wildman–Crippen LogP) is 2.52. The van der Waals surface area contributed by atoms with Gasteiger partial charge in [0.15, 0.2) is 0 Å². The highest BCUT2D eigenvalue weighted by Crippen LogP contribution is 2.12. The molecule has 0 aromatic heterocycles. The third-order valence-electron chi connectivity index (χ3n) is 1.02. The molecule has 0 aliphatic rings. The van der Waals surface area contributed by atoms with Crippen LogP contribution in [0.15, 0.2) is 24.3 Å². The lowest BCUT2D eigenvalue weighted by molar-refractivity contribution is 1.39. The average molecular weight is 155 g/mol. The maximum Gasteiger partial charge on any atom is 0.308 e. The van der Waals surface area contributed by atoms with E-state index < -0.39 is 0 Å². The Morgan fingerprint density at radius 3 is 2.40 bits per heavy atom. The van der Waals surface area contributed by atoms with E-state index in [9.17, 15) is 0 Å². The van der Waals surface area contributed by atoms with Crippen molar-refractivity contribution in [1.29, 1.82) is 5.39 Å². The van der Waals surface area contributed by atoms with Gasteiger partial charge in [-0.2, -0.15) is 0 Å².